The number of hydrogen-bond donors (Lipinski definition) is 2. The van der Waals surface area contributed by atoms with E-state index in [0.29, 0.717) is 15.3 Å². The molecule has 0 saturated carbocycles. The summed E-state index contributed by atoms with van der Waals surface area (Å²) in [4.78, 5) is 0. The van der Waals surface area contributed by atoms with Gasteiger partial charge in [0.25, 0.3) is 0 Å². The van der Waals surface area contributed by atoms with E-state index in [1.54, 1.807) is 23.9 Å². The van der Waals surface area contributed by atoms with Crippen LogP contribution in [0.2, 0.25) is 5.02 Å². The Hall–Kier alpha value is -1.67. The summed E-state index contributed by atoms with van der Waals surface area (Å²) in [5, 5.41) is 16.2. The summed E-state index contributed by atoms with van der Waals surface area (Å²) in [5.74, 6) is 0.864. The lowest BCUT2D eigenvalue weighted by molar-refractivity contribution is 1.01. The van der Waals surface area contributed by atoms with Gasteiger partial charge in [0.2, 0.25) is 5.13 Å². The molecule has 1 heterocycles. The number of aromatic nitrogens is 2. The Morgan fingerprint density at radius 1 is 1.04 bits per heavy atom. The van der Waals surface area contributed by atoms with Gasteiger partial charge in [-0.3, -0.25) is 0 Å². The zero-order valence-corrected chi connectivity index (χ0v) is 15.6. The average Bonchev–Trinajstić information content (AvgIpc) is 3.03. The molecule has 0 aliphatic carbocycles. The van der Waals surface area contributed by atoms with Crippen LogP contribution in [0.25, 0.3) is 0 Å². The van der Waals surface area contributed by atoms with E-state index >= 15 is 0 Å². The second-order valence-corrected chi connectivity index (χ2v) is 7.78. The minimum Gasteiger partial charge on any atom is -0.332 e. The van der Waals surface area contributed by atoms with Crippen LogP contribution in [0.4, 0.5) is 10.8 Å². The lowest BCUT2D eigenvalue weighted by Crippen LogP contribution is -2.18. The molecule has 4 nitrogen and oxygen atoms in total. The summed E-state index contributed by atoms with van der Waals surface area (Å²) in [7, 11) is 0. The van der Waals surface area contributed by atoms with E-state index in [0.717, 1.165) is 15.8 Å². The van der Waals surface area contributed by atoms with Gasteiger partial charge in [0.05, 0.1) is 0 Å². The lowest BCUT2D eigenvalue weighted by atomic mass is 10.2. The van der Waals surface area contributed by atoms with Gasteiger partial charge in [-0.25, -0.2) is 0 Å². The van der Waals surface area contributed by atoms with Crippen LogP contribution in [0.3, 0.4) is 0 Å². The Labute approximate surface area is 158 Å². The van der Waals surface area contributed by atoms with Crippen LogP contribution in [-0.2, 0) is 5.75 Å². The number of rotatable bonds is 5. The Balaban J connectivity index is 1.51. The van der Waals surface area contributed by atoms with E-state index < -0.39 is 0 Å². The molecule has 0 spiro atoms. The Bertz CT molecular complexity index is 806. The highest BCUT2D eigenvalue weighted by molar-refractivity contribution is 8.00. The van der Waals surface area contributed by atoms with Gasteiger partial charge in [-0.2, -0.15) is 0 Å². The van der Waals surface area contributed by atoms with Gasteiger partial charge in [0, 0.05) is 16.5 Å². The van der Waals surface area contributed by atoms with Crippen LogP contribution >= 0.6 is 46.9 Å². The van der Waals surface area contributed by atoms with Crippen molar-refractivity contribution in [3.05, 3.63) is 65.2 Å². The largest absolute Gasteiger partial charge is 0.332 e. The molecule has 3 rings (SSSR count). The standard InChI is InChI=1S/C16H13ClN4S3/c17-12-6-8-13(9-7-12)18-14(22)19-15-20-21-16(24-15)23-10-11-4-2-1-3-5-11/h1-9H,10H2,(H2,18,19,20,22). The summed E-state index contributed by atoms with van der Waals surface area (Å²) in [6.45, 7) is 0. The van der Waals surface area contributed by atoms with Crippen molar-refractivity contribution in [1.82, 2.24) is 10.2 Å². The molecular formula is C16H13ClN4S3. The third-order valence-electron chi connectivity index (χ3n) is 2.93. The van der Waals surface area contributed by atoms with E-state index in [1.807, 2.05) is 30.3 Å². The average molecular weight is 393 g/mol. The van der Waals surface area contributed by atoms with Crippen molar-refractivity contribution in [2.75, 3.05) is 10.6 Å². The number of halogens is 1. The maximum atomic E-state index is 5.86. The van der Waals surface area contributed by atoms with Crippen LogP contribution in [-0.4, -0.2) is 15.3 Å². The van der Waals surface area contributed by atoms with Crippen LogP contribution in [0.5, 0.6) is 0 Å². The molecule has 0 aliphatic heterocycles. The van der Waals surface area contributed by atoms with E-state index in [-0.39, 0.29) is 0 Å². The summed E-state index contributed by atoms with van der Waals surface area (Å²) in [6.07, 6.45) is 0. The van der Waals surface area contributed by atoms with E-state index in [9.17, 15) is 0 Å². The first-order chi connectivity index (χ1) is 11.7. The molecule has 122 valence electrons. The van der Waals surface area contributed by atoms with Crippen molar-refractivity contribution in [3.63, 3.8) is 0 Å². The summed E-state index contributed by atoms with van der Waals surface area (Å²) in [6, 6.07) is 17.6. The first-order valence-electron chi connectivity index (χ1n) is 7.03. The molecule has 0 unspecified atom stereocenters. The number of benzene rings is 2. The molecule has 0 saturated heterocycles. The minimum absolute atomic E-state index is 0.466. The second kappa shape index (κ2) is 8.43. The van der Waals surface area contributed by atoms with Crippen LogP contribution in [0, 0.1) is 0 Å². The van der Waals surface area contributed by atoms with Gasteiger partial charge in [-0.05, 0) is 42.0 Å². The molecular weight excluding hydrogens is 380 g/mol. The maximum absolute atomic E-state index is 5.86. The molecule has 24 heavy (non-hydrogen) atoms. The fourth-order valence-electron chi connectivity index (χ4n) is 1.83. The van der Waals surface area contributed by atoms with Gasteiger partial charge in [0.15, 0.2) is 9.45 Å². The zero-order valence-electron chi connectivity index (χ0n) is 12.4. The van der Waals surface area contributed by atoms with Crippen molar-refractivity contribution in [3.8, 4) is 0 Å². The van der Waals surface area contributed by atoms with Crippen molar-refractivity contribution in [1.29, 1.82) is 0 Å². The summed E-state index contributed by atoms with van der Waals surface area (Å²) in [5.41, 5.74) is 2.12. The molecule has 0 radical (unpaired) electrons. The third kappa shape index (κ3) is 5.17. The molecule has 0 bridgehead atoms. The van der Waals surface area contributed by atoms with Gasteiger partial charge < -0.3 is 10.6 Å². The van der Waals surface area contributed by atoms with E-state index in [1.165, 1.54) is 16.9 Å². The number of thiocarbonyl (C=S) groups is 1. The highest BCUT2D eigenvalue weighted by atomic mass is 35.5. The molecule has 0 fully saturated rings. The number of anilines is 2. The van der Waals surface area contributed by atoms with Crippen molar-refractivity contribution < 1.29 is 0 Å². The summed E-state index contributed by atoms with van der Waals surface area (Å²) < 4.78 is 0.899. The number of thioether (sulfide) groups is 1. The van der Waals surface area contributed by atoms with Crippen LogP contribution in [0.15, 0.2) is 58.9 Å². The molecule has 8 heteroatoms. The molecule has 0 amide bonds. The van der Waals surface area contributed by atoms with E-state index in [2.05, 4.69) is 33.0 Å². The SMILES string of the molecule is S=C(Nc1ccc(Cl)cc1)Nc1nnc(SCc2ccccc2)s1. The van der Waals surface area contributed by atoms with Gasteiger partial charge >= 0.3 is 0 Å². The molecule has 0 aliphatic rings. The van der Waals surface area contributed by atoms with Gasteiger partial charge in [-0.1, -0.05) is 65.0 Å². The molecule has 0 atom stereocenters. The van der Waals surface area contributed by atoms with Gasteiger partial charge in [0.1, 0.15) is 0 Å². The van der Waals surface area contributed by atoms with Gasteiger partial charge in [-0.15, -0.1) is 10.2 Å². The normalized spacial score (nSPS) is 10.4. The number of nitrogens with one attached hydrogen (secondary N) is 2. The first kappa shape index (κ1) is 17.2. The predicted octanol–water partition coefficient (Wildman–Crippen LogP) is 5.29. The maximum Gasteiger partial charge on any atom is 0.212 e. The van der Waals surface area contributed by atoms with Crippen molar-refractivity contribution >= 4 is 62.8 Å². The molecule has 1 aromatic heterocycles. The monoisotopic (exact) mass is 392 g/mol. The number of nitrogens with zero attached hydrogens (tertiary/aromatic N) is 2. The fraction of sp³-hybridized carbons (Fsp3) is 0.0625. The van der Waals surface area contributed by atoms with E-state index in [4.69, 9.17) is 23.8 Å². The van der Waals surface area contributed by atoms with Crippen LogP contribution < -0.4 is 10.6 Å². The molecule has 3 aromatic rings. The van der Waals surface area contributed by atoms with Crippen molar-refractivity contribution in [2.45, 2.75) is 10.1 Å². The second-order valence-electron chi connectivity index (χ2n) is 4.73. The Kier molecular flexibility index (Phi) is 6.03. The van der Waals surface area contributed by atoms with Crippen LogP contribution in [0.1, 0.15) is 5.56 Å². The smallest absolute Gasteiger partial charge is 0.212 e. The molecule has 2 N–H and O–H groups in total. The minimum atomic E-state index is 0.466. The Morgan fingerprint density at radius 3 is 2.54 bits per heavy atom. The highest BCUT2D eigenvalue weighted by Crippen LogP contribution is 2.28. The Morgan fingerprint density at radius 2 is 1.79 bits per heavy atom. The number of hydrogen-bond acceptors (Lipinski definition) is 5. The fourth-order valence-corrected chi connectivity index (χ4v) is 3.95. The predicted molar refractivity (Wildman–Crippen MR) is 107 cm³/mol. The lowest BCUT2D eigenvalue weighted by Gasteiger charge is -2.07. The first-order valence-corrected chi connectivity index (χ1v) is 9.62. The topological polar surface area (TPSA) is 49.8 Å². The quantitative estimate of drug-likeness (QED) is 0.454. The zero-order chi connectivity index (χ0) is 16.8. The third-order valence-corrected chi connectivity index (χ3v) is 5.43. The summed E-state index contributed by atoms with van der Waals surface area (Å²) >= 11 is 14.3. The molecule has 2 aromatic carbocycles. The highest BCUT2D eigenvalue weighted by Gasteiger charge is 2.07. The van der Waals surface area contributed by atoms with Crippen molar-refractivity contribution in [2.24, 2.45) is 0 Å².